The van der Waals surface area contributed by atoms with E-state index in [1.807, 2.05) is 43.3 Å². The van der Waals surface area contributed by atoms with Crippen LogP contribution in [0.2, 0.25) is 0 Å². The summed E-state index contributed by atoms with van der Waals surface area (Å²) in [5.74, 6) is 0.404. The second-order valence-corrected chi connectivity index (χ2v) is 6.92. The van der Waals surface area contributed by atoms with E-state index < -0.39 is 5.97 Å². The number of carboxylic acids is 1. The third-order valence-electron chi connectivity index (χ3n) is 4.85. The van der Waals surface area contributed by atoms with E-state index >= 15 is 0 Å². The van der Waals surface area contributed by atoms with Crippen molar-refractivity contribution < 1.29 is 19.1 Å². The number of aromatic nitrogens is 1. The normalized spacial score (nSPS) is 17.5. The van der Waals surface area contributed by atoms with Gasteiger partial charge in [-0.2, -0.15) is 0 Å². The molecule has 0 aliphatic carbocycles. The lowest BCUT2D eigenvalue weighted by molar-refractivity contribution is -0.0367. The van der Waals surface area contributed by atoms with Crippen LogP contribution in [0.25, 0.3) is 11.3 Å². The van der Waals surface area contributed by atoms with Crippen molar-refractivity contribution in [3.8, 4) is 11.3 Å². The summed E-state index contributed by atoms with van der Waals surface area (Å²) in [4.78, 5) is 18.3. The van der Waals surface area contributed by atoms with Crippen molar-refractivity contribution in [2.45, 2.75) is 19.6 Å². The number of hydrogen-bond acceptors (Lipinski definition) is 5. The van der Waals surface area contributed by atoms with Crippen LogP contribution in [-0.4, -0.2) is 40.7 Å². The molecule has 4 rings (SSSR count). The molecule has 3 heterocycles. The first-order chi connectivity index (χ1) is 13.6. The van der Waals surface area contributed by atoms with E-state index in [4.69, 9.17) is 9.15 Å². The topological polar surface area (TPSA) is 75.8 Å². The molecule has 1 N–H and O–H groups in total. The lowest BCUT2D eigenvalue weighted by Gasteiger charge is -2.32. The van der Waals surface area contributed by atoms with Crippen molar-refractivity contribution in [2.75, 3.05) is 19.7 Å². The van der Waals surface area contributed by atoms with Gasteiger partial charge in [0, 0.05) is 24.3 Å². The van der Waals surface area contributed by atoms with Gasteiger partial charge in [-0.1, -0.05) is 24.3 Å². The molecule has 2 aromatic heterocycles. The molecule has 0 spiro atoms. The van der Waals surface area contributed by atoms with Crippen molar-refractivity contribution in [1.29, 1.82) is 0 Å². The van der Waals surface area contributed by atoms with E-state index in [-0.39, 0.29) is 11.7 Å². The molecule has 0 unspecified atom stereocenters. The van der Waals surface area contributed by atoms with Crippen LogP contribution >= 0.6 is 0 Å². The number of hydrogen-bond donors (Lipinski definition) is 1. The number of ether oxygens (including phenoxy) is 1. The predicted molar refractivity (Wildman–Crippen MR) is 104 cm³/mol. The van der Waals surface area contributed by atoms with Crippen molar-refractivity contribution >= 4 is 5.97 Å². The first-order valence-corrected chi connectivity index (χ1v) is 9.29. The van der Waals surface area contributed by atoms with Gasteiger partial charge in [0.2, 0.25) is 0 Å². The number of furan rings is 1. The zero-order valence-corrected chi connectivity index (χ0v) is 15.7. The number of pyridine rings is 1. The standard InChI is InChI=1S/C22H22N2O4/c1-15-5-4-8-19(23-15)21-14-24(11-12-27-21)13-16-9-10-20(28-16)17-6-2-3-7-18(17)22(25)26/h2-10,21H,11-14H2,1H3,(H,25,26)/t21-/m1/s1. The van der Waals surface area contributed by atoms with Gasteiger partial charge in [-0.15, -0.1) is 0 Å². The van der Waals surface area contributed by atoms with Crippen LogP contribution < -0.4 is 0 Å². The number of morpholine rings is 1. The quantitative estimate of drug-likeness (QED) is 0.725. The molecule has 1 aromatic carbocycles. The smallest absolute Gasteiger partial charge is 0.336 e. The maximum absolute atomic E-state index is 11.4. The van der Waals surface area contributed by atoms with E-state index in [2.05, 4.69) is 9.88 Å². The van der Waals surface area contributed by atoms with Crippen LogP contribution in [0.5, 0.6) is 0 Å². The first-order valence-electron chi connectivity index (χ1n) is 9.29. The molecule has 1 aliphatic rings. The Bertz CT molecular complexity index is 982. The Hall–Kier alpha value is -2.96. The summed E-state index contributed by atoms with van der Waals surface area (Å²) >= 11 is 0. The van der Waals surface area contributed by atoms with Gasteiger partial charge < -0.3 is 14.3 Å². The van der Waals surface area contributed by atoms with Crippen LogP contribution in [0.1, 0.15) is 33.6 Å². The summed E-state index contributed by atoms with van der Waals surface area (Å²) in [6, 6.07) is 16.6. The minimum atomic E-state index is -0.963. The zero-order chi connectivity index (χ0) is 19.5. The minimum Gasteiger partial charge on any atom is -0.478 e. The van der Waals surface area contributed by atoms with Gasteiger partial charge in [-0.25, -0.2) is 4.79 Å². The number of carbonyl (C=O) groups is 1. The molecule has 0 bridgehead atoms. The largest absolute Gasteiger partial charge is 0.478 e. The predicted octanol–water partition coefficient (Wildman–Crippen LogP) is 3.92. The van der Waals surface area contributed by atoms with Gasteiger partial charge in [0.25, 0.3) is 0 Å². The van der Waals surface area contributed by atoms with E-state index in [1.54, 1.807) is 18.2 Å². The van der Waals surface area contributed by atoms with Crippen molar-refractivity contribution in [1.82, 2.24) is 9.88 Å². The Balaban J connectivity index is 1.48. The molecular formula is C22H22N2O4. The second-order valence-electron chi connectivity index (χ2n) is 6.92. The van der Waals surface area contributed by atoms with Crippen LogP contribution in [0, 0.1) is 6.92 Å². The molecule has 0 radical (unpaired) electrons. The lowest BCUT2D eigenvalue weighted by Crippen LogP contribution is -2.38. The average molecular weight is 378 g/mol. The fourth-order valence-corrected chi connectivity index (χ4v) is 3.48. The maximum Gasteiger partial charge on any atom is 0.336 e. The third kappa shape index (κ3) is 3.98. The zero-order valence-electron chi connectivity index (χ0n) is 15.7. The molecule has 6 heteroatoms. The number of carboxylic acid groups (broad SMARTS) is 1. The number of benzene rings is 1. The van der Waals surface area contributed by atoms with Crippen LogP contribution in [0.3, 0.4) is 0 Å². The Morgan fingerprint density at radius 3 is 2.86 bits per heavy atom. The summed E-state index contributed by atoms with van der Waals surface area (Å²) in [5.41, 5.74) is 2.75. The van der Waals surface area contributed by atoms with E-state index in [1.165, 1.54) is 0 Å². The van der Waals surface area contributed by atoms with E-state index in [0.717, 1.165) is 30.2 Å². The van der Waals surface area contributed by atoms with Crippen LogP contribution in [0.4, 0.5) is 0 Å². The van der Waals surface area contributed by atoms with Gasteiger partial charge in [-0.05, 0) is 37.3 Å². The lowest BCUT2D eigenvalue weighted by atomic mass is 10.1. The second kappa shape index (κ2) is 7.96. The molecular weight excluding hydrogens is 356 g/mol. The van der Waals surface area contributed by atoms with E-state index in [0.29, 0.717) is 24.5 Å². The Morgan fingerprint density at radius 1 is 1.18 bits per heavy atom. The molecule has 1 fully saturated rings. The van der Waals surface area contributed by atoms with Gasteiger partial charge in [0.15, 0.2) is 0 Å². The Kier molecular flexibility index (Phi) is 5.23. The molecule has 1 aliphatic heterocycles. The number of rotatable bonds is 5. The fourth-order valence-electron chi connectivity index (χ4n) is 3.48. The van der Waals surface area contributed by atoms with Crippen LogP contribution in [-0.2, 0) is 11.3 Å². The van der Waals surface area contributed by atoms with Crippen molar-refractivity contribution in [2.24, 2.45) is 0 Å². The van der Waals surface area contributed by atoms with Gasteiger partial charge >= 0.3 is 5.97 Å². The SMILES string of the molecule is Cc1cccc([C@H]2CN(Cc3ccc(-c4ccccc4C(=O)O)o3)CCO2)n1. The molecule has 3 aromatic rings. The minimum absolute atomic E-state index is 0.0594. The highest BCUT2D eigenvalue weighted by atomic mass is 16.5. The average Bonchev–Trinajstić information content (AvgIpc) is 3.16. The summed E-state index contributed by atoms with van der Waals surface area (Å²) < 4.78 is 11.9. The summed E-state index contributed by atoms with van der Waals surface area (Å²) in [5, 5.41) is 9.38. The Labute approximate surface area is 163 Å². The summed E-state index contributed by atoms with van der Waals surface area (Å²) in [6.45, 7) is 4.79. The highest BCUT2D eigenvalue weighted by Gasteiger charge is 2.24. The highest BCUT2D eigenvalue weighted by molar-refractivity contribution is 5.95. The van der Waals surface area contributed by atoms with Gasteiger partial charge in [0.05, 0.1) is 24.4 Å². The fraction of sp³-hybridized carbons (Fsp3) is 0.273. The molecule has 1 saturated heterocycles. The maximum atomic E-state index is 11.4. The van der Waals surface area contributed by atoms with Crippen molar-refractivity contribution in [3.63, 3.8) is 0 Å². The number of aryl methyl sites for hydroxylation is 1. The molecule has 0 amide bonds. The summed E-state index contributed by atoms with van der Waals surface area (Å²) in [7, 11) is 0. The van der Waals surface area contributed by atoms with Gasteiger partial charge in [0.1, 0.15) is 17.6 Å². The monoisotopic (exact) mass is 378 g/mol. The Morgan fingerprint density at radius 2 is 2.04 bits per heavy atom. The van der Waals surface area contributed by atoms with Gasteiger partial charge in [-0.3, -0.25) is 9.88 Å². The van der Waals surface area contributed by atoms with Crippen molar-refractivity contribution in [3.05, 3.63) is 77.3 Å². The molecule has 28 heavy (non-hydrogen) atoms. The third-order valence-corrected chi connectivity index (χ3v) is 4.85. The number of aromatic carboxylic acids is 1. The van der Waals surface area contributed by atoms with E-state index in [9.17, 15) is 9.90 Å². The first kappa shape index (κ1) is 18.4. The molecule has 0 saturated carbocycles. The number of nitrogens with zero attached hydrogens (tertiary/aromatic N) is 2. The molecule has 1 atom stereocenters. The van der Waals surface area contributed by atoms with Crippen LogP contribution in [0.15, 0.2) is 59.0 Å². The molecule has 6 nitrogen and oxygen atoms in total. The molecule has 144 valence electrons. The summed E-state index contributed by atoms with van der Waals surface area (Å²) in [6.07, 6.45) is -0.0594. The highest BCUT2D eigenvalue weighted by Crippen LogP contribution is 2.28.